The van der Waals surface area contributed by atoms with Crippen LogP contribution in [0, 0.1) is 0 Å². The van der Waals surface area contributed by atoms with Crippen molar-refractivity contribution in [3.8, 4) is 5.75 Å². The fourth-order valence-corrected chi connectivity index (χ4v) is 2.81. The molecule has 124 valence electrons. The Labute approximate surface area is 143 Å². The third-order valence-electron chi connectivity index (χ3n) is 3.93. The molecule has 0 aliphatic rings. The molecule has 1 amide bonds. The van der Waals surface area contributed by atoms with Crippen molar-refractivity contribution < 1.29 is 9.53 Å². The predicted octanol–water partition coefficient (Wildman–Crippen LogP) is 2.79. The third kappa shape index (κ3) is 2.65. The lowest BCUT2D eigenvalue weighted by Crippen LogP contribution is -2.19. The van der Waals surface area contributed by atoms with Crippen molar-refractivity contribution in [3.63, 3.8) is 0 Å². The van der Waals surface area contributed by atoms with E-state index in [4.69, 9.17) is 16.3 Å². The van der Waals surface area contributed by atoms with Gasteiger partial charge in [-0.25, -0.2) is 4.79 Å². The summed E-state index contributed by atoms with van der Waals surface area (Å²) in [6.07, 6.45) is 0. The minimum atomic E-state index is -0.309. The van der Waals surface area contributed by atoms with Crippen molar-refractivity contribution in [2.75, 3.05) is 12.4 Å². The molecule has 3 rings (SSSR count). The average Bonchev–Trinajstić information content (AvgIpc) is 2.78. The first-order valence-corrected chi connectivity index (χ1v) is 7.60. The zero-order chi connectivity index (χ0) is 17.4. The van der Waals surface area contributed by atoms with Crippen LogP contribution in [-0.2, 0) is 14.1 Å². The Morgan fingerprint density at radius 2 is 1.79 bits per heavy atom. The number of halogens is 1. The van der Waals surface area contributed by atoms with E-state index in [1.165, 1.54) is 16.2 Å². The molecule has 0 bridgehead atoms. The number of nitrogens with one attached hydrogen (secondary N) is 1. The first-order chi connectivity index (χ1) is 11.4. The van der Waals surface area contributed by atoms with Crippen LogP contribution in [0.5, 0.6) is 5.75 Å². The second-order valence-electron chi connectivity index (χ2n) is 5.41. The Balaban J connectivity index is 2.07. The van der Waals surface area contributed by atoms with Gasteiger partial charge in [0.15, 0.2) is 0 Å². The first kappa shape index (κ1) is 16.1. The topological polar surface area (TPSA) is 65.3 Å². The number of methoxy groups -OCH3 is 1. The van der Waals surface area contributed by atoms with E-state index in [-0.39, 0.29) is 11.6 Å². The number of anilines is 1. The quantitative estimate of drug-likeness (QED) is 0.793. The zero-order valence-corrected chi connectivity index (χ0v) is 14.2. The summed E-state index contributed by atoms with van der Waals surface area (Å²) in [6.45, 7) is 0. The van der Waals surface area contributed by atoms with Crippen molar-refractivity contribution in [3.05, 3.63) is 57.5 Å². The maximum absolute atomic E-state index is 12.4. The maximum atomic E-state index is 12.4. The molecule has 2 aromatic carbocycles. The molecule has 0 saturated carbocycles. The summed E-state index contributed by atoms with van der Waals surface area (Å²) in [7, 11) is 4.88. The van der Waals surface area contributed by atoms with Crippen molar-refractivity contribution in [2.45, 2.75) is 0 Å². The van der Waals surface area contributed by atoms with Crippen molar-refractivity contribution in [2.24, 2.45) is 14.1 Å². The number of fused-ring (bicyclic) bond motifs is 1. The fraction of sp³-hybridized carbons (Fsp3) is 0.176. The smallest absolute Gasteiger partial charge is 0.328 e. The molecular formula is C17H16ClN3O3. The van der Waals surface area contributed by atoms with Crippen LogP contribution in [0.1, 0.15) is 10.4 Å². The van der Waals surface area contributed by atoms with Crippen LogP contribution >= 0.6 is 11.6 Å². The van der Waals surface area contributed by atoms with Gasteiger partial charge in [-0.2, -0.15) is 0 Å². The van der Waals surface area contributed by atoms with Gasteiger partial charge in [-0.3, -0.25) is 13.9 Å². The molecule has 0 fully saturated rings. The summed E-state index contributed by atoms with van der Waals surface area (Å²) in [5.41, 5.74) is 2.19. The number of hydrogen-bond acceptors (Lipinski definition) is 3. The van der Waals surface area contributed by atoms with Gasteiger partial charge >= 0.3 is 5.69 Å². The van der Waals surface area contributed by atoms with Gasteiger partial charge < -0.3 is 10.1 Å². The second-order valence-corrected chi connectivity index (χ2v) is 5.84. The highest BCUT2D eigenvalue weighted by Crippen LogP contribution is 2.30. The number of carbonyl (C=O) groups is 1. The minimum Gasteiger partial charge on any atom is -0.494 e. The van der Waals surface area contributed by atoms with Gasteiger partial charge in [-0.05, 0) is 24.3 Å². The summed E-state index contributed by atoms with van der Waals surface area (Å²) < 4.78 is 8.40. The SMILES string of the molecule is COc1cc2c(cc1NC(=O)c1cccc(Cl)c1)n(C)c(=O)n2C. The number of aryl methyl sites for hydroxylation is 2. The molecule has 0 radical (unpaired) electrons. The minimum absolute atomic E-state index is 0.148. The summed E-state index contributed by atoms with van der Waals surface area (Å²) in [4.78, 5) is 24.5. The number of rotatable bonds is 3. The van der Waals surface area contributed by atoms with Gasteiger partial charge in [0.1, 0.15) is 5.75 Å². The Morgan fingerprint density at radius 1 is 1.12 bits per heavy atom. The molecule has 1 heterocycles. The van der Waals surface area contributed by atoms with Gasteiger partial charge in [0.2, 0.25) is 0 Å². The lowest BCUT2D eigenvalue weighted by atomic mass is 10.2. The van der Waals surface area contributed by atoms with Crippen LogP contribution < -0.4 is 15.7 Å². The number of aromatic nitrogens is 2. The molecular weight excluding hydrogens is 330 g/mol. The molecule has 0 aliphatic carbocycles. The Kier molecular flexibility index (Phi) is 4.07. The van der Waals surface area contributed by atoms with Crippen molar-refractivity contribution >= 4 is 34.2 Å². The summed E-state index contributed by atoms with van der Waals surface area (Å²) in [5.74, 6) is 0.162. The van der Waals surface area contributed by atoms with Gasteiger partial charge in [0.25, 0.3) is 5.91 Å². The standard InChI is InChI=1S/C17H16ClN3O3/c1-20-13-8-12(15(24-3)9-14(13)21(2)17(20)23)19-16(22)10-5-4-6-11(18)7-10/h4-9H,1-3H3,(H,19,22). The van der Waals surface area contributed by atoms with E-state index in [2.05, 4.69) is 5.32 Å². The molecule has 6 nitrogen and oxygen atoms in total. The fourth-order valence-electron chi connectivity index (χ4n) is 2.62. The zero-order valence-electron chi connectivity index (χ0n) is 13.5. The van der Waals surface area contributed by atoms with Crippen LogP contribution in [0.25, 0.3) is 11.0 Å². The summed E-state index contributed by atoms with van der Waals surface area (Å²) in [5, 5.41) is 3.29. The van der Waals surface area contributed by atoms with Crippen LogP contribution in [0.3, 0.4) is 0 Å². The molecule has 0 unspecified atom stereocenters. The molecule has 0 aliphatic heterocycles. The lowest BCUT2D eigenvalue weighted by Gasteiger charge is -2.11. The maximum Gasteiger partial charge on any atom is 0.328 e. The van der Waals surface area contributed by atoms with Crippen LogP contribution in [0.15, 0.2) is 41.2 Å². The Hall–Kier alpha value is -2.73. The van der Waals surface area contributed by atoms with Crippen LogP contribution in [0.4, 0.5) is 5.69 Å². The van der Waals surface area contributed by atoms with Gasteiger partial charge in [0, 0.05) is 30.7 Å². The normalized spacial score (nSPS) is 10.8. The van der Waals surface area contributed by atoms with E-state index in [1.54, 1.807) is 50.5 Å². The van der Waals surface area contributed by atoms with Gasteiger partial charge in [-0.15, -0.1) is 0 Å². The monoisotopic (exact) mass is 345 g/mol. The molecule has 7 heteroatoms. The highest BCUT2D eigenvalue weighted by atomic mass is 35.5. The number of amides is 1. The van der Waals surface area contributed by atoms with E-state index in [9.17, 15) is 9.59 Å². The van der Waals surface area contributed by atoms with Gasteiger partial charge in [-0.1, -0.05) is 17.7 Å². The third-order valence-corrected chi connectivity index (χ3v) is 4.16. The van der Waals surface area contributed by atoms with E-state index >= 15 is 0 Å². The average molecular weight is 346 g/mol. The number of hydrogen-bond donors (Lipinski definition) is 1. The number of benzene rings is 2. The van der Waals surface area contributed by atoms with E-state index in [0.717, 1.165) is 5.52 Å². The highest BCUT2D eigenvalue weighted by Gasteiger charge is 2.15. The van der Waals surface area contributed by atoms with Gasteiger partial charge in [0.05, 0.1) is 23.8 Å². The molecule has 1 aromatic heterocycles. The van der Waals surface area contributed by atoms with E-state index < -0.39 is 0 Å². The van der Waals surface area contributed by atoms with Crippen molar-refractivity contribution in [1.82, 2.24) is 9.13 Å². The molecule has 3 aromatic rings. The van der Waals surface area contributed by atoms with Crippen LogP contribution in [0.2, 0.25) is 5.02 Å². The second kappa shape index (κ2) is 6.05. The Morgan fingerprint density at radius 3 is 2.42 bits per heavy atom. The number of ether oxygens (including phenoxy) is 1. The molecule has 0 saturated heterocycles. The first-order valence-electron chi connectivity index (χ1n) is 7.22. The molecule has 1 N–H and O–H groups in total. The van der Waals surface area contributed by atoms with E-state index in [1.807, 2.05) is 0 Å². The summed E-state index contributed by atoms with van der Waals surface area (Å²) >= 11 is 5.92. The molecule has 24 heavy (non-hydrogen) atoms. The summed E-state index contributed by atoms with van der Waals surface area (Å²) in [6, 6.07) is 10.1. The van der Waals surface area contributed by atoms with Crippen LogP contribution in [-0.4, -0.2) is 22.2 Å². The predicted molar refractivity (Wildman–Crippen MR) is 94.1 cm³/mol. The van der Waals surface area contributed by atoms with Crippen molar-refractivity contribution in [1.29, 1.82) is 0 Å². The number of carbonyl (C=O) groups excluding carboxylic acids is 1. The molecule has 0 spiro atoms. The lowest BCUT2D eigenvalue weighted by molar-refractivity contribution is 0.102. The Bertz CT molecular complexity index is 1000. The number of nitrogens with zero attached hydrogens (tertiary/aromatic N) is 2. The largest absolute Gasteiger partial charge is 0.494 e. The highest BCUT2D eigenvalue weighted by molar-refractivity contribution is 6.31. The van der Waals surface area contributed by atoms with E-state index in [0.29, 0.717) is 27.5 Å². The molecule has 0 atom stereocenters. The number of imidazole rings is 1.